The molecule has 3 aromatic rings. The van der Waals surface area contributed by atoms with Crippen LogP contribution < -0.4 is 16.0 Å². The molecule has 0 spiro atoms. The van der Waals surface area contributed by atoms with E-state index in [0.29, 0.717) is 22.8 Å². The molecule has 1 heterocycles. The molecule has 1 fully saturated rings. The molecule has 1 aromatic heterocycles. The average molecular weight is 441 g/mol. The van der Waals surface area contributed by atoms with E-state index in [2.05, 4.69) is 20.9 Å². The Balaban J connectivity index is 1.37. The van der Waals surface area contributed by atoms with Gasteiger partial charge < -0.3 is 16.0 Å². The maximum Gasteiger partial charge on any atom is 0.319 e. The van der Waals surface area contributed by atoms with E-state index >= 15 is 0 Å². The van der Waals surface area contributed by atoms with Crippen LogP contribution in [0.3, 0.4) is 0 Å². The van der Waals surface area contributed by atoms with Crippen LogP contribution in [0.2, 0.25) is 5.02 Å². The highest BCUT2D eigenvalue weighted by Gasteiger charge is 2.23. The smallest absolute Gasteiger partial charge is 0.319 e. The van der Waals surface area contributed by atoms with Gasteiger partial charge in [-0.05, 0) is 50.1 Å². The number of amides is 3. The first kappa shape index (κ1) is 20.4. The number of nitrogens with zero attached hydrogens (tertiary/aromatic N) is 1. The molecule has 2 aromatic carbocycles. The number of thiazole rings is 1. The topological polar surface area (TPSA) is 83.1 Å². The first-order valence-corrected chi connectivity index (χ1v) is 10.9. The lowest BCUT2D eigenvalue weighted by Crippen LogP contribution is -2.30. The third-order valence-corrected chi connectivity index (χ3v) is 5.88. The van der Waals surface area contributed by atoms with Crippen molar-refractivity contribution in [3.8, 4) is 11.3 Å². The third-order valence-electron chi connectivity index (χ3n) is 4.65. The molecule has 8 heteroatoms. The van der Waals surface area contributed by atoms with Crippen LogP contribution in [0, 0.1) is 6.92 Å². The van der Waals surface area contributed by atoms with Crippen molar-refractivity contribution in [3.05, 3.63) is 69.0 Å². The van der Waals surface area contributed by atoms with Gasteiger partial charge in [-0.15, -0.1) is 11.3 Å². The summed E-state index contributed by atoms with van der Waals surface area (Å²) in [5.74, 6) is -0.220. The Hall–Kier alpha value is -2.90. The van der Waals surface area contributed by atoms with Gasteiger partial charge in [0.1, 0.15) is 5.01 Å². The Morgan fingerprint density at radius 1 is 1.17 bits per heavy atom. The quantitative estimate of drug-likeness (QED) is 0.505. The fraction of sp³-hybridized carbons (Fsp3) is 0.227. The molecule has 3 amide bonds. The van der Waals surface area contributed by atoms with Crippen LogP contribution in [0.1, 0.15) is 33.1 Å². The zero-order valence-electron chi connectivity index (χ0n) is 16.4. The number of carbonyl (C=O) groups excluding carboxylic acids is 2. The lowest BCUT2D eigenvalue weighted by Gasteiger charge is -2.08. The van der Waals surface area contributed by atoms with Crippen molar-refractivity contribution in [2.24, 2.45) is 0 Å². The summed E-state index contributed by atoms with van der Waals surface area (Å²) in [4.78, 5) is 30.2. The van der Waals surface area contributed by atoms with E-state index in [0.717, 1.165) is 34.0 Å². The maximum atomic E-state index is 12.6. The predicted molar refractivity (Wildman–Crippen MR) is 120 cm³/mol. The SMILES string of the molecule is Cc1sc(CNC(=O)c2cccc(NC(=O)NC3CC3)c2)nc1-c1ccc(Cl)cc1. The lowest BCUT2D eigenvalue weighted by molar-refractivity contribution is 0.0951. The van der Waals surface area contributed by atoms with Crippen LogP contribution in [-0.4, -0.2) is 23.0 Å². The fourth-order valence-electron chi connectivity index (χ4n) is 2.98. The summed E-state index contributed by atoms with van der Waals surface area (Å²) in [6.45, 7) is 2.34. The number of carbonyl (C=O) groups is 2. The Labute approximate surface area is 183 Å². The zero-order valence-corrected chi connectivity index (χ0v) is 17.9. The number of anilines is 1. The van der Waals surface area contributed by atoms with Crippen molar-refractivity contribution in [2.45, 2.75) is 32.4 Å². The van der Waals surface area contributed by atoms with Gasteiger partial charge in [-0.25, -0.2) is 9.78 Å². The Morgan fingerprint density at radius 2 is 1.93 bits per heavy atom. The van der Waals surface area contributed by atoms with Gasteiger partial charge in [0.05, 0.1) is 12.2 Å². The molecule has 0 aliphatic heterocycles. The lowest BCUT2D eigenvalue weighted by atomic mass is 10.1. The molecule has 4 rings (SSSR count). The zero-order chi connectivity index (χ0) is 21.1. The largest absolute Gasteiger partial charge is 0.346 e. The maximum absolute atomic E-state index is 12.6. The number of halogens is 1. The van der Waals surface area contributed by atoms with Crippen LogP contribution in [0.5, 0.6) is 0 Å². The molecule has 0 unspecified atom stereocenters. The average Bonchev–Trinajstić information content (AvgIpc) is 3.46. The van der Waals surface area contributed by atoms with Crippen LogP contribution in [0.25, 0.3) is 11.3 Å². The summed E-state index contributed by atoms with van der Waals surface area (Å²) < 4.78 is 0. The first-order valence-electron chi connectivity index (χ1n) is 9.66. The predicted octanol–water partition coefficient (Wildman–Crippen LogP) is 4.99. The Kier molecular flexibility index (Phi) is 6.01. The van der Waals surface area contributed by atoms with Crippen molar-refractivity contribution in [2.75, 3.05) is 5.32 Å². The van der Waals surface area contributed by atoms with Gasteiger partial charge >= 0.3 is 6.03 Å². The van der Waals surface area contributed by atoms with Crippen LogP contribution in [0.15, 0.2) is 48.5 Å². The molecule has 6 nitrogen and oxygen atoms in total. The fourth-order valence-corrected chi connectivity index (χ4v) is 4.00. The van der Waals surface area contributed by atoms with E-state index in [1.807, 2.05) is 31.2 Å². The Morgan fingerprint density at radius 3 is 2.67 bits per heavy atom. The van der Waals surface area contributed by atoms with Crippen LogP contribution >= 0.6 is 22.9 Å². The summed E-state index contributed by atoms with van der Waals surface area (Å²) in [5.41, 5.74) is 2.95. The number of nitrogens with one attached hydrogen (secondary N) is 3. The molecule has 0 saturated heterocycles. The van der Waals surface area contributed by atoms with Crippen LogP contribution in [0.4, 0.5) is 10.5 Å². The monoisotopic (exact) mass is 440 g/mol. The molecule has 1 aliphatic rings. The highest BCUT2D eigenvalue weighted by atomic mass is 35.5. The highest BCUT2D eigenvalue weighted by Crippen LogP contribution is 2.28. The van der Waals surface area contributed by atoms with Crippen molar-refractivity contribution < 1.29 is 9.59 Å². The second-order valence-electron chi connectivity index (χ2n) is 7.16. The van der Waals surface area contributed by atoms with Gasteiger partial charge in [0.15, 0.2) is 0 Å². The van der Waals surface area contributed by atoms with Gasteiger partial charge in [-0.1, -0.05) is 29.8 Å². The van der Waals surface area contributed by atoms with E-state index in [4.69, 9.17) is 11.6 Å². The van der Waals surface area contributed by atoms with E-state index in [1.165, 1.54) is 0 Å². The van der Waals surface area contributed by atoms with E-state index in [9.17, 15) is 9.59 Å². The summed E-state index contributed by atoms with van der Waals surface area (Å²) in [6, 6.07) is 14.4. The molecule has 0 bridgehead atoms. The molecule has 0 atom stereocenters. The first-order chi connectivity index (χ1) is 14.5. The number of hydrogen-bond donors (Lipinski definition) is 3. The third kappa shape index (κ3) is 5.17. The van der Waals surface area contributed by atoms with Gasteiger partial charge in [-0.2, -0.15) is 0 Å². The number of aryl methyl sites for hydroxylation is 1. The number of aromatic nitrogens is 1. The van der Waals surface area contributed by atoms with Crippen LogP contribution in [-0.2, 0) is 6.54 Å². The molecule has 1 saturated carbocycles. The minimum Gasteiger partial charge on any atom is -0.346 e. The van der Waals surface area contributed by atoms with E-state index in [-0.39, 0.29) is 18.0 Å². The summed E-state index contributed by atoms with van der Waals surface area (Å²) in [7, 11) is 0. The second-order valence-corrected chi connectivity index (χ2v) is 8.88. The van der Waals surface area contributed by atoms with Gasteiger partial charge in [0.2, 0.25) is 0 Å². The van der Waals surface area contributed by atoms with Gasteiger partial charge in [0.25, 0.3) is 5.91 Å². The summed E-state index contributed by atoms with van der Waals surface area (Å²) >= 11 is 7.51. The minimum atomic E-state index is -0.247. The standard InChI is InChI=1S/C22H21ClN4O2S/c1-13-20(14-5-7-16(23)8-6-14)27-19(30-13)12-24-21(28)15-3-2-4-18(11-15)26-22(29)25-17-9-10-17/h2-8,11,17H,9-10,12H2,1H3,(H,24,28)(H2,25,26,29). The van der Waals surface area contributed by atoms with Crippen molar-refractivity contribution in [1.82, 2.24) is 15.6 Å². The molecule has 3 N–H and O–H groups in total. The van der Waals surface area contributed by atoms with Gasteiger partial charge in [-0.3, -0.25) is 4.79 Å². The highest BCUT2D eigenvalue weighted by molar-refractivity contribution is 7.12. The summed E-state index contributed by atoms with van der Waals surface area (Å²) in [5, 5.41) is 10.0. The number of urea groups is 1. The normalized spacial score (nSPS) is 13.0. The van der Waals surface area contributed by atoms with Crippen molar-refractivity contribution in [1.29, 1.82) is 0 Å². The minimum absolute atomic E-state index is 0.220. The summed E-state index contributed by atoms with van der Waals surface area (Å²) in [6.07, 6.45) is 2.04. The van der Waals surface area contributed by atoms with Crippen molar-refractivity contribution in [3.63, 3.8) is 0 Å². The Bertz CT molecular complexity index is 1080. The number of hydrogen-bond acceptors (Lipinski definition) is 4. The molecular weight excluding hydrogens is 420 g/mol. The molecule has 30 heavy (non-hydrogen) atoms. The van der Waals surface area contributed by atoms with E-state index in [1.54, 1.807) is 35.6 Å². The van der Waals surface area contributed by atoms with Crippen molar-refractivity contribution >= 4 is 40.6 Å². The van der Waals surface area contributed by atoms with Gasteiger partial charge in [0, 0.05) is 32.8 Å². The van der Waals surface area contributed by atoms with E-state index < -0.39 is 0 Å². The molecule has 154 valence electrons. The second kappa shape index (κ2) is 8.85. The molecule has 1 aliphatic carbocycles. The molecule has 0 radical (unpaired) electrons. The number of rotatable bonds is 6. The number of benzene rings is 2. The molecular formula is C22H21ClN4O2S.